The number of halogens is 3. The zero-order valence-corrected chi connectivity index (χ0v) is 12.6. The molecule has 0 aliphatic carbocycles. The second-order valence-corrected chi connectivity index (χ2v) is 5.36. The first-order chi connectivity index (χ1) is 8.33. The predicted molar refractivity (Wildman–Crippen MR) is 74.0 cm³/mol. The number of hydrogen-bond acceptors (Lipinski definition) is 2. The molecule has 3 nitrogen and oxygen atoms in total. The molecule has 0 saturated heterocycles. The second kappa shape index (κ2) is 8.78. The van der Waals surface area contributed by atoms with Crippen molar-refractivity contribution < 1.29 is 14.7 Å². The Morgan fingerprint density at radius 3 is 1.61 bits per heavy atom. The molecule has 2 unspecified atom stereocenters. The van der Waals surface area contributed by atoms with Gasteiger partial charge in [-0.1, -0.05) is 37.0 Å². The van der Waals surface area contributed by atoms with Gasteiger partial charge in [-0.05, 0) is 37.3 Å². The van der Waals surface area contributed by atoms with Crippen LogP contribution in [0.15, 0.2) is 10.1 Å². The predicted octanol–water partition coefficient (Wildman–Crippen LogP) is 4.36. The molecule has 18 heavy (non-hydrogen) atoms. The molecule has 0 rings (SSSR count). The van der Waals surface area contributed by atoms with E-state index in [9.17, 15) is 9.59 Å². The van der Waals surface area contributed by atoms with Gasteiger partial charge in [-0.25, -0.2) is 0 Å². The molecule has 0 bridgehead atoms. The minimum Gasteiger partial charge on any atom is -0.481 e. The van der Waals surface area contributed by atoms with Crippen LogP contribution in [-0.2, 0) is 9.59 Å². The summed E-state index contributed by atoms with van der Waals surface area (Å²) >= 11 is 17.4. The zero-order valence-electron chi connectivity index (χ0n) is 10.4. The highest BCUT2D eigenvalue weighted by atomic mass is 35.5. The van der Waals surface area contributed by atoms with Crippen LogP contribution < -0.4 is 0 Å². The number of rotatable bonds is 8. The Bertz CT molecular complexity index is 307. The van der Waals surface area contributed by atoms with Gasteiger partial charge in [0.2, 0.25) is 5.24 Å². The first-order valence-corrected chi connectivity index (χ1v) is 6.91. The van der Waals surface area contributed by atoms with E-state index in [2.05, 4.69) is 0 Å². The third kappa shape index (κ3) is 6.07. The Hall–Kier alpha value is -0.250. The topological polar surface area (TPSA) is 54.4 Å². The minimum atomic E-state index is -0.902. The van der Waals surface area contributed by atoms with E-state index in [0.29, 0.717) is 22.9 Å². The molecule has 0 aromatic carbocycles. The Balaban J connectivity index is 4.69. The van der Waals surface area contributed by atoms with Crippen molar-refractivity contribution in [2.45, 2.75) is 39.5 Å². The second-order valence-electron chi connectivity index (χ2n) is 4.07. The van der Waals surface area contributed by atoms with Gasteiger partial charge in [0.05, 0.1) is 5.92 Å². The average Bonchev–Trinajstić information content (AvgIpc) is 2.31. The highest BCUT2D eigenvalue weighted by Crippen LogP contribution is 2.29. The Labute approximate surface area is 122 Å². The molecular weight excluding hydrogens is 298 g/mol. The van der Waals surface area contributed by atoms with Crippen LogP contribution in [0.2, 0.25) is 0 Å². The normalized spacial score (nSPS) is 15.8. The van der Waals surface area contributed by atoms with E-state index in [1.807, 2.05) is 6.92 Å². The van der Waals surface area contributed by atoms with Gasteiger partial charge in [0.15, 0.2) is 0 Å². The minimum absolute atomic E-state index is 0.180. The highest BCUT2D eigenvalue weighted by Gasteiger charge is 2.20. The van der Waals surface area contributed by atoms with Crippen molar-refractivity contribution in [1.82, 2.24) is 0 Å². The summed E-state index contributed by atoms with van der Waals surface area (Å²) in [6.45, 7) is 3.60. The standard InChI is InChI=1S/C12H17Cl3O3/c1-3-7(11(15)16)5-9(13)10(14)6-8(4-2)12(17)18/h7-8H,3-6H2,1-2H3,(H,17,18). The lowest BCUT2D eigenvalue weighted by Crippen LogP contribution is -2.13. The van der Waals surface area contributed by atoms with Gasteiger partial charge in [0, 0.05) is 16.0 Å². The molecule has 0 amide bonds. The number of carboxylic acids is 1. The maximum Gasteiger partial charge on any atom is 0.306 e. The van der Waals surface area contributed by atoms with E-state index < -0.39 is 17.1 Å². The summed E-state index contributed by atoms with van der Waals surface area (Å²) < 4.78 is 0. The fourth-order valence-corrected chi connectivity index (χ4v) is 2.20. The van der Waals surface area contributed by atoms with E-state index in [1.54, 1.807) is 6.92 Å². The van der Waals surface area contributed by atoms with Crippen LogP contribution in [-0.4, -0.2) is 16.3 Å². The molecule has 0 heterocycles. The fraction of sp³-hybridized carbons (Fsp3) is 0.667. The quantitative estimate of drug-likeness (QED) is 0.677. The van der Waals surface area contributed by atoms with Crippen molar-refractivity contribution in [1.29, 1.82) is 0 Å². The molecule has 0 saturated carbocycles. The molecule has 0 aliphatic heterocycles. The monoisotopic (exact) mass is 314 g/mol. The van der Waals surface area contributed by atoms with Gasteiger partial charge < -0.3 is 5.11 Å². The van der Waals surface area contributed by atoms with E-state index in [1.165, 1.54) is 0 Å². The lowest BCUT2D eigenvalue weighted by molar-refractivity contribution is -0.141. The van der Waals surface area contributed by atoms with Gasteiger partial charge in [-0.15, -0.1) is 0 Å². The summed E-state index contributed by atoms with van der Waals surface area (Å²) in [5.74, 6) is -1.84. The molecule has 0 spiro atoms. The van der Waals surface area contributed by atoms with E-state index in [0.717, 1.165) is 0 Å². The molecule has 1 N–H and O–H groups in total. The largest absolute Gasteiger partial charge is 0.481 e. The zero-order chi connectivity index (χ0) is 14.3. The van der Waals surface area contributed by atoms with Crippen molar-refractivity contribution in [3.8, 4) is 0 Å². The van der Waals surface area contributed by atoms with Crippen molar-refractivity contribution >= 4 is 46.0 Å². The maximum absolute atomic E-state index is 11.1. The Morgan fingerprint density at radius 2 is 1.33 bits per heavy atom. The molecule has 6 heteroatoms. The van der Waals surface area contributed by atoms with Gasteiger partial charge in [0.25, 0.3) is 0 Å². The fourth-order valence-electron chi connectivity index (χ4n) is 1.45. The van der Waals surface area contributed by atoms with Crippen LogP contribution in [0.1, 0.15) is 39.5 Å². The van der Waals surface area contributed by atoms with Crippen LogP contribution >= 0.6 is 34.8 Å². The van der Waals surface area contributed by atoms with E-state index in [4.69, 9.17) is 39.9 Å². The van der Waals surface area contributed by atoms with E-state index in [-0.39, 0.29) is 18.8 Å². The molecular formula is C12H17Cl3O3. The molecule has 0 aromatic rings. The van der Waals surface area contributed by atoms with Crippen LogP contribution in [0.4, 0.5) is 0 Å². The smallest absolute Gasteiger partial charge is 0.306 e. The summed E-state index contributed by atoms with van der Waals surface area (Å²) in [6, 6.07) is 0. The summed E-state index contributed by atoms with van der Waals surface area (Å²) in [4.78, 5) is 21.9. The number of aliphatic carboxylic acids is 1. The van der Waals surface area contributed by atoms with E-state index >= 15 is 0 Å². The van der Waals surface area contributed by atoms with Crippen molar-refractivity contribution in [2.75, 3.05) is 0 Å². The lowest BCUT2D eigenvalue weighted by atomic mass is 9.99. The van der Waals surface area contributed by atoms with Gasteiger partial charge in [0.1, 0.15) is 0 Å². The SMILES string of the molecule is CCC(CC(Cl)=C(Cl)CC(CC)C(=O)Cl)C(=O)O. The summed E-state index contributed by atoms with van der Waals surface area (Å²) in [7, 11) is 0. The molecule has 2 atom stereocenters. The number of carboxylic acid groups (broad SMARTS) is 1. The first kappa shape index (κ1) is 17.8. The average molecular weight is 316 g/mol. The number of carbonyl (C=O) groups excluding carboxylic acids is 1. The van der Waals surface area contributed by atoms with Gasteiger partial charge in [-0.2, -0.15) is 0 Å². The third-order valence-electron chi connectivity index (χ3n) is 2.80. The molecule has 104 valence electrons. The van der Waals surface area contributed by atoms with Crippen LogP contribution in [0.5, 0.6) is 0 Å². The van der Waals surface area contributed by atoms with Crippen molar-refractivity contribution in [3.05, 3.63) is 10.1 Å². The van der Waals surface area contributed by atoms with Gasteiger partial charge in [-0.3, -0.25) is 9.59 Å². The molecule has 0 radical (unpaired) electrons. The number of allylic oxidation sites excluding steroid dienone is 2. The number of carbonyl (C=O) groups is 2. The molecule has 0 aromatic heterocycles. The maximum atomic E-state index is 11.1. The lowest BCUT2D eigenvalue weighted by Gasteiger charge is -2.13. The van der Waals surface area contributed by atoms with Crippen LogP contribution in [0, 0.1) is 11.8 Å². The summed E-state index contributed by atoms with van der Waals surface area (Å²) in [5, 5.41) is 9.08. The molecule has 0 aliphatic rings. The van der Waals surface area contributed by atoms with Crippen LogP contribution in [0.3, 0.4) is 0 Å². The summed E-state index contributed by atoms with van der Waals surface area (Å²) in [6.07, 6.45) is 1.48. The first-order valence-electron chi connectivity index (χ1n) is 5.78. The summed E-state index contributed by atoms with van der Waals surface area (Å²) in [5.41, 5.74) is 0. The van der Waals surface area contributed by atoms with Crippen molar-refractivity contribution in [2.24, 2.45) is 11.8 Å². The van der Waals surface area contributed by atoms with Crippen molar-refractivity contribution in [3.63, 3.8) is 0 Å². The van der Waals surface area contributed by atoms with Crippen LogP contribution in [0.25, 0.3) is 0 Å². The highest BCUT2D eigenvalue weighted by molar-refractivity contribution is 6.64. The third-order valence-corrected chi connectivity index (χ3v) is 3.97. The Morgan fingerprint density at radius 1 is 0.944 bits per heavy atom. The molecule has 0 fully saturated rings. The van der Waals surface area contributed by atoms with Gasteiger partial charge >= 0.3 is 5.97 Å². The Kier molecular flexibility index (Phi) is 8.66. The number of hydrogen-bond donors (Lipinski definition) is 1.